The first-order chi connectivity index (χ1) is 12.9. The van der Waals surface area contributed by atoms with E-state index in [1.807, 2.05) is 49.3 Å². The Morgan fingerprint density at radius 3 is 2.54 bits per heavy atom. The second-order valence-corrected chi connectivity index (χ2v) is 7.43. The van der Waals surface area contributed by atoms with E-state index in [0.717, 1.165) is 12.2 Å². The number of halogens is 1. The van der Waals surface area contributed by atoms with Crippen molar-refractivity contribution in [1.29, 1.82) is 0 Å². The molecule has 28 heavy (non-hydrogen) atoms. The lowest BCUT2D eigenvalue weighted by molar-refractivity contribution is 0.0423. The molecule has 2 rings (SSSR count). The summed E-state index contributed by atoms with van der Waals surface area (Å²) in [6.07, 6.45) is 2.44. The van der Waals surface area contributed by atoms with E-state index in [9.17, 15) is 5.11 Å². The van der Waals surface area contributed by atoms with Gasteiger partial charge in [0.15, 0.2) is 5.96 Å². The van der Waals surface area contributed by atoms with Crippen LogP contribution in [0.1, 0.15) is 31.2 Å². The average molecular weight is 500 g/mol. The van der Waals surface area contributed by atoms with Crippen molar-refractivity contribution in [1.82, 2.24) is 15.5 Å². The van der Waals surface area contributed by atoms with Crippen LogP contribution in [0, 0.1) is 0 Å². The number of rotatable bonds is 9. The Morgan fingerprint density at radius 2 is 1.93 bits per heavy atom. The van der Waals surface area contributed by atoms with Crippen molar-refractivity contribution in [2.24, 2.45) is 4.99 Å². The van der Waals surface area contributed by atoms with Gasteiger partial charge in [-0.05, 0) is 45.6 Å². The van der Waals surface area contributed by atoms with Gasteiger partial charge < -0.3 is 25.1 Å². The van der Waals surface area contributed by atoms with Gasteiger partial charge in [-0.15, -0.1) is 24.0 Å². The van der Waals surface area contributed by atoms with Crippen LogP contribution in [0.3, 0.4) is 0 Å². The molecule has 2 aromatic rings. The molecule has 156 valence electrons. The molecule has 2 unspecified atom stereocenters. The quantitative estimate of drug-likeness (QED) is 0.281. The molecular formula is C21H33IN4O2. The SMILES string of the molecule is CC(NC(=NCC(C)(O)CN(C)C)NCCc1ccco1)c1ccccc1.I. The number of benzene rings is 1. The molecule has 7 heteroatoms. The number of aliphatic hydroxyl groups is 1. The second kappa shape index (κ2) is 12.1. The van der Waals surface area contributed by atoms with Crippen LogP contribution in [0.15, 0.2) is 58.1 Å². The van der Waals surface area contributed by atoms with Crippen LogP contribution < -0.4 is 10.6 Å². The van der Waals surface area contributed by atoms with Gasteiger partial charge in [0.2, 0.25) is 0 Å². The maximum atomic E-state index is 10.5. The molecule has 0 saturated heterocycles. The van der Waals surface area contributed by atoms with Crippen molar-refractivity contribution in [2.45, 2.75) is 31.9 Å². The fourth-order valence-corrected chi connectivity index (χ4v) is 2.92. The summed E-state index contributed by atoms with van der Waals surface area (Å²) in [6.45, 7) is 5.44. The first-order valence-corrected chi connectivity index (χ1v) is 9.35. The van der Waals surface area contributed by atoms with Crippen molar-refractivity contribution >= 4 is 29.9 Å². The van der Waals surface area contributed by atoms with Crippen LogP contribution in [0.2, 0.25) is 0 Å². The summed E-state index contributed by atoms with van der Waals surface area (Å²) in [5, 5.41) is 17.3. The van der Waals surface area contributed by atoms with E-state index in [4.69, 9.17) is 4.42 Å². The minimum atomic E-state index is -0.894. The maximum absolute atomic E-state index is 10.5. The lowest BCUT2D eigenvalue weighted by Gasteiger charge is -2.26. The van der Waals surface area contributed by atoms with Gasteiger partial charge >= 0.3 is 0 Å². The molecule has 0 fully saturated rings. The van der Waals surface area contributed by atoms with Crippen LogP contribution >= 0.6 is 24.0 Å². The molecule has 6 nitrogen and oxygen atoms in total. The highest BCUT2D eigenvalue weighted by Crippen LogP contribution is 2.11. The predicted octanol–water partition coefficient (Wildman–Crippen LogP) is 3.05. The van der Waals surface area contributed by atoms with E-state index in [1.165, 1.54) is 5.56 Å². The number of hydrogen-bond acceptors (Lipinski definition) is 4. The summed E-state index contributed by atoms with van der Waals surface area (Å²) in [6, 6.07) is 14.2. The molecule has 1 aromatic carbocycles. The molecule has 0 radical (unpaired) electrons. The third-order valence-electron chi connectivity index (χ3n) is 4.13. The van der Waals surface area contributed by atoms with Gasteiger partial charge in [-0.25, -0.2) is 0 Å². The molecule has 0 spiro atoms. The standard InChI is InChI=1S/C21H32N4O2.HI/c1-17(18-9-6-5-7-10-18)24-20(22-13-12-19-11-8-14-27-19)23-15-21(2,26)16-25(3)4;/h5-11,14,17,26H,12-13,15-16H2,1-4H3,(H2,22,23,24);1H. The molecule has 0 aliphatic carbocycles. The van der Waals surface area contributed by atoms with Gasteiger partial charge in [-0.1, -0.05) is 30.3 Å². The van der Waals surface area contributed by atoms with Crippen LogP contribution in [0.25, 0.3) is 0 Å². The summed E-state index contributed by atoms with van der Waals surface area (Å²) in [7, 11) is 3.88. The molecule has 0 bridgehead atoms. The van der Waals surface area contributed by atoms with Crippen LogP contribution in [-0.4, -0.2) is 55.3 Å². The second-order valence-electron chi connectivity index (χ2n) is 7.43. The van der Waals surface area contributed by atoms with Crippen molar-refractivity contribution in [3.05, 3.63) is 60.1 Å². The zero-order valence-electron chi connectivity index (χ0n) is 17.2. The summed E-state index contributed by atoms with van der Waals surface area (Å²) >= 11 is 0. The molecular weight excluding hydrogens is 467 g/mol. The Bertz CT molecular complexity index is 688. The zero-order valence-corrected chi connectivity index (χ0v) is 19.5. The zero-order chi connectivity index (χ0) is 19.7. The lowest BCUT2D eigenvalue weighted by Crippen LogP contribution is -2.44. The monoisotopic (exact) mass is 500 g/mol. The number of furan rings is 1. The molecule has 0 aliphatic heterocycles. The number of likely N-dealkylation sites (N-methyl/N-ethyl adjacent to an activating group) is 1. The highest BCUT2D eigenvalue weighted by Gasteiger charge is 2.21. The normalized spacial score (nSPS) is 14.9. The third kappa shape index (κ3) is 9.07. The van der Waals surface area contributed by atoms with Gasteiger partial charge in [0.25, 0.3) is 0 Å². The Labute approximate surface area is 185 Å². The average Bonchev–Trinajstić information content (AvgIpc) is 3.12. The summed E-state index contributed by atoms with van der Waals surface area (Å²) in [4.78, 5) is 6.58. The minimum absolute atomic E-state index is 0. The molecule has 0 saturated carbocycles. The summed E-state index contributed by atoms with van der Waals surface area (Å²) in [5.41, 5.74) is 0.285. The smallest absolute Gasteiger partial charge is 0.191 e. The lowest BCUT2D eigenvalue weighted by atomic mass is 10.1. The van der Waals surface area contributed by atoms with E-state index < -0.39 is 5.60 Å². The van der Waals surface area contributed by atoms with E-state index in [0.29, 0.717) is 25.6 Å². The number of hydrogen-bond donors (Lipinski definition) is 3. The van der Waals surface area contributed by atoms with Crippen LogP contribution in [-0.2, 0) is 6.42 Å². The summed E-state index contributed by atoms with van der Waals surface area (Å²) in [5.74, 6) is 1.61. The van der Waals surface area contributed by atoms with Gasteiger partial charge in [0.05, 0.1) is 24.5 Å². The van der Waals surface area contributed by atoms with Crippen molar-refractivity contribution in [2.75, 3.05) is 33.7 Å². The number of aliphatic imine (C=N–C) groups is 1. The largest absolute Gasteiger partial charge is 0.469 e. The number of guanidine groups is 1. The molecule has 1 heterocycles. The topological polar surface area (TPSA) is 73.0 Å². The molecule has 1 aromatic heterocycles. The van der Waals surface area contributed by atoms with Crippen molar-refractivity contribution in [3.63, 3.8) is 0 Å². The Hall–Kier alpha value is -1.58. The van der Waals surface area contributed by atoms with Crippen LogP contribution in [0.4, 0.5) is 0 Å². The van der Waals surface area contributed by atoms with E-state index in [1.54, 1.807) is 13.2 Å². The van der Waals surface area contributed by atoms with Gasteiger partial charge in [0, 0.05) is 19.5 Å². The molecule has 0 aliphatic rings. The Balaban J connectivity index is 0.00000392. The van der Waals surface area contributed by atoms with Crippen molar-refractivity contribution in [3.8, 4) is 0 Å². The predicted molar refractivity (Wildman–Crippen MR) is 125 cm³/mol. The Morgan fingerprint density at radius 1 is 1.21 bits per heavy atom. The third-order valence-corrected chi connectivity index (χ3v) is 4.13. The van der Waals surface area contributed by atoms with E-state index in [2.05, 4.69) is 34.7 Å². The van der Waals surface area contributed by atoms with E-state index in [-0.39, 0.29) is 30.0 Å². The molecule has 3 N–H and O–H groups in total. The van der Waals surface area contributed by atoms with E-state index >= 15 is 0 Å². The highest BCUT2D eigenvalue weighted by atomic mass is 127. The van der Waals surface area contributed by atoms with Crippen LogP contribution in [0.5, 0.6) is 0 Å². The number of nitrogens with zero attached hydrogens (tertiary/aromatic N) is 2. The Kier molecular flexibility index (Phi) is 10.6. The highest BCUT2D eigenvalue weighted by molar-refractivity contribution is 14.0. The first-order valence-electron chi connectivity index (χ1n) is 9.35. The maximum Gasteiger partial charge on any atom is 0.191 e. The summed E-state index contributed by atoms with van der Waals surface area (Å²) < 4.78 is 5.38. The van der Waals surface area contributed by atoms with Gasteiger partial charge in [0.1, 0.15) is 5.76 Å². The van der Waals surface area contributed by atoms with Gasteiger partial charge in [-0.3, -0.25) is 4.99 Å². The van der Waals surface area contributed by atoms with Gasteiger partial charge in [-0.2, -0.15) is 0 Å². The van der Waals surface area contributed by atoms with Crippen molar-refractivity contribution < 1.29 is 9.52 Å². The molecule has 2 atom stereocenters. The minimum Gasteiger partial charge on any atom is -0.469 e. The first kappa shape index (κ1) is 24.5. The fraction of sp³-hybridized carbons (Fsp3) is 0.476. The molecule has 0 amide bonds. The number of nitrogens with one attached hydrogen (secondary N) is 2. The fourth-order valence-electron chi connectivity index (χ4n) is 2.92.